The van der Waals surface area contributed by atoms with Crippen molar-refractivity contribution in [1.29, 1.82) is 0 Å². The molecule has 0 N–H and O–H groups in total. The maximum atomic E-state index is 4.01. The molecule has 0 aromatic carbocycles. The molecule has 11 heavy (non-hydrogen) atoms. The van der Waals surface area contributed by atoms with Gasteiger partial charge in [0.15, 0.2) is 0 Å². The van der Waals surface area contributed by atoms with Crippen LogP contribution in [0.5, 0.6) is 0 Å². The Morgan fingerprint density at radius 2 is 2.00 bits per heavy atom. The summed E-state index contributed by atoms with van der Waals surface area (Å²) in [6.07, 6.45) is 5.56. The normalized spacial score (nSPS) is 12.1. The van der Waals surface area contributed by atoms with E-state index in [-0.39, 0.29) is 0 Å². The molecule has 0 aliphatic carbocycles. The number of hydrogen-bond acceptors (Lipinski definition) is 0. The smallest absolute Gasteiger partial charge is 0.0348 e. The fourth-order valence-corrected chi connectivity index (χ4v) is 1.54. The third-order valence-electron chi connectivity index (χ3n) is 1.93. The molecule has 0 nitrogen and oxygen atoms in total. The van der Waals surface area contributed by atoms with Gasteiger partial charge in [-0.25, -0.2) is 0 Å². The van der Waals surface area contributed by atoms with Gasteiger partial charge >= 0.3 is 0 Å². The summed E-state index contributed by atoms with van der Waals surface area (Å²) < 4.78 is 0. The van der Waals surface area contributed by atoms with Crippen molar-refractivity contribution >= 4 is 0 Å². The lowest BCUT2D eigenvalue weighted by Gasteiger charge is -2.25. The summed E-state index contributed by atoms with van der Waals surface area (Å²) in [5.41, 5.74) is 0.440. The summed E-state index contributed by atoms with van der Waals surface area (Å²) >= 11 is 0. The lowest BCUT2D eigenvalue weighted by molar-refractivity contribution is 0.279. The van der Waals surface area contributed by atoms with Crippen LogP contribution in [0, 0.1) is 18.3 Å². The fraction of sp³-hybridized carbons (Fsp3) is 0.727. The maximum Gasteiger partial charge on any atom is -0.0348 e. The molecule has 0 aromatic heterocycles. The van der Waals surface area contributed by atoms with Crippen molar-refractivity contribution in [3.8, 4) is 0 Å². The zero-order valence-corrected chi connectivity index (χ0v) is 8.19. The molecule has 0 saturated carbocycles. The molecule has 0 aromatic rings. The molecule has 0 heterocycles. The van der Waals surface area contributed by atoms with Crippen molar-refractivity contribution in [2.45, 2.75) is 40.0 Å². The average Bonchev–Trinajstić information content (AvgIpc) is 1.81. The molecule has 0 bridgehead atoms. The van der Waals surface area contributed by atoms with E-state index in [1.54, 1.807) is 0 Å². The van der Waals surface area contributed by atoms with E-state index < -0.39 is 0 Å². The topological polar surface area (TPSA) is 0 Å². The molecular weight excluding hydrogens is 132 g/mol. The van der Waals surface area contributed by atoms with Gasteiger partial charge in [0, 0.05) is 0 Å². The highest BCUT2D eigenvalue weighted by molar-refractivity contribution is 4.77. The molecule has 1 unspecified atom stereocenters. The monoisotopic (exact) mass is 153 g/mol. The van der Waals surface area contributed by atoms with Gasteiger partial charge in [-0.05, 0) is 30.6 Å². The van der Waals surface area contributed by atoms with E-state index in [9.17, 15) is 0 Å². The largest absolute Gasteiger partial charge is 0.103 e. The summed E-state index contributed by atoms with van der Waals surface area (Å²) in [6, 6.07) is 0. The van der Waals surface area contributed by atoms with E-state index in [0.29, 0.717) is 11.3 Å². The van der Waals surface area contributed by atoms with Crippen LogP contribution in [0.3, 0.4) is 0 Å². The minimum Gasteiger partial charge on any atom is -0.103 e. The second-order valence-electron chi connectivity index (χ2n) is 4.30. The van der Waals surface area contributed by atoms with Crippen LogP contribution in [-0.2, 0) is 0 Å². The van der Waals surface area contributed by atoms with Crippen molar-refractivity contribution in [2.75, 3.05) is 0 Å². The van der Waals surface area contributed by atoms with Crippen LogP contribution >= 0.6 is 0 Å². The standard InChI is InChI=1S/C11H21/c1-6-7-8-11(4,5)9-10(2)3/h6,10H,1-2,7-9H2,3-5H3. The highest BCUT2D eigenvalue weighted by atomic mass is 14.2. The minimum absolute atomic E-state index is 0.440. The third-order valence-corrected chi connectivity index (χ3v) is 1.93. The Bertz CT molecular complexity index is 109. The average molecular weight is 153 g/mol. The van der Waals surface area contributed by atoms with Crippen molar-refractivity contribution in [3.63, 3.8) is 0 Å². The first-order valence-corrected chi connectivity index (χ1v) is 4.42. The van der Waals surface area contributed by atoms with E-state index in [0.717, 1.165) is 6.42 Å². The minimum atomic E-state index is 0.440. The summed E-state index contributed by atoms with van der Waals surface area (Å²) in [5, 5.41) is 0. The van der Waals surface area contributed by atoms with Gasteiger partial charge in [0.05, 0.1) is 0 Å². The van der Waals surface area contributed by atoms with Crippen LogP contribution in [0.25, 0.3) is 0 Å². The van der Waals surface area contributed by atoms with E-state index in [1.807, 2.05) is 6.08 Å². The zero-order chi connectivity index (χ0) is 8.91. The predicted octanol–water partition coefficient (Wildman–Crippen LogP) is 3.84. The molecule has 0 heteroatoms. The van der Waals surface area contributed by atoms with Gasteiger partial charge in [-0.1, -0.05) is 33.8 Å². The predicted molar refractivity (Wildman–Crippen MR) is 52.4 cm³/mol. The Morgan fingerprint density at radius 3 is 2.36 bits per heavy atom. The Kier molecular flexibility index (Phi) is 4.48. The Balaban J connectivity index is 3.69. The molecule has 1 radical (unpaired) electrons. The molecular formula is C11H21. The first kappa shape index (κ1) is 10.7. The Labute approximate surface area is 71.7 Å². The van der Waals surface area contributed by atoms with Gasteiger partial charge in [0.25, 0.3) is 0 Å². The maximum absolute atomic E-state index is 4.01. The Morgan fingerprint density at radius 1 is 1.45 bits per heavy atom. The second kappa shape index (κ2) is 4.58. The molecule has 0 spiro atoms. The molecule has 0 rings (SSSR count). The van der Waals surface area contributed by atoms with Crippen LogP contribution in [0.1, 0.15) is 40.0 Å². The lowest BCUT2D eigenvalue weighted by atomic mass is 9.80. The van der Waals surface area contributed by atoms with Gasteiger partial charge in [0.1, 0.15) is 0 Å². The van der Waals surface area contributed by atoms with Crippen LogP contribution in [0.15, 0.2) is 12.7 Å². The number of allylic oxidation sites excluding steroid dienone is 1. The number of hydrogen-bond donors (Lipinski definition) is 0. The van der Waals surface area contributed by atoms with E-state index in [4.69, 9.17) is 0 Å². The van der Waals surface area contributed by atoms with E-state index in [2.05, 4.69) is 34.3 Å². The van der Waals surface area contributed by atoms with Gasteiger partial charge in [-0.15, -0.1) is 6.58 Å². The summed E-state index contributed by atoms with van der Waals surface area (Å²) in [6.45, 7) is 14.5. The zero-order valence-electron chi connectivity index (χ0n) is 8.19. The fourth-order valence-electron chi connectivity index (χ4n) is 1.54. The van der Waals surface area contributed by atoms with Crippen LogP contribution in [0.4, 0.5) is 0 Å². The molecule has 0 saturated heterocycles. The molecule has 0 amide bonds. The SMILES string of the molecule is [CH2]C(C)CC(C)(C)CCC=C. The van der Waals surface area contributed by atoms with Gasteiger partial charge in [-0.3, -0.25) is 0 Å². The molecule has 0 fully saturated rings. The molecule has 65 valence electrons. The van der Waals surface area contributed by atoms with E-state index >= 15 is 0 Å². The molecule has 0 aliphatic heterocycles. The van der Waals surface area contributed by atoms with Crippen molar-refractivity contribution in [1.82, 2.24) is 0 Å². The van der Waals surface area contributed by atoms with Crippen molar-refractivity contribution in [2.24, 2.45) is 11.3 Å². The van der Waals surface area contributed by atoms with Crippen LogP contribution in [0.2, 0.25) is 0 Å². The van der Waals surface area contributed by atoms with E-state index in [1.165, 1.54) is 12.8 Å². The van der Waals surface area contributed by atoms with Crippen molar-refractivity contribution in [3.05, 3.63) is 19.6 Å². The first-order chi connectivity index (χ1) is 4.98. The molecule has 0 aliphatic rings. The highest BCUT2D eigenvalue weighted by Gasteiger charge is 2.17. The quantitative estimate of drug-likeness (QED) is 0.526. The summed E-state index contributed by atoms with van der Waals surface area (Å²) in [7, 11) is 0. The van der Waals surface area contributed by atoms with Gasteiger partial charge in [0.2, 0.25) is 0 Å². The highest BCUT2D eigenvalue weighted by Crippen LogP contribution is 2.30. The summed E-state index contributed by atoms with van der Waals surface area (Å²) in [5.74, 6) is 0.565. The second-order valence-corrected chi connectivity index (χ2v) is 4.30. The number of rotatable bonds is 5. The van der Waals surface area contributed by atoms with Gasteiger partial charge in [-0.2, -0.15) is 0 Å². The third kappa shape index (κ3) is 6.15. The molecule has 1 atom stereocenters. The first-order valence-electron chi connectivity index (χ1n) is 4.42. The van der Waals surface area contributed by atoms with Crippen LogP contribution < -0.4 is 0 Å². The Hall–Kier alpha value is -0.260. The van der Waals surface area contributed by atoms with Crippen molar-refractivity contribution < 1.29 is 0 Å². The summed E-state index contributed by atoms with van der Waals surface area (Å²) in [4.78, 5) is 0. The lowest BCUT2D eigenvalue weighted by Crippen LogP contribution is -2.13. The van der Waals surface area contributed by atoms with Crippen LogP contribution in [-0.4, -0.2) is 0 Å². The van der Waals surface area contributed by atoms with Gasteiger partial charge < -0.3 is 0 Å².